The van der Waals surface area contributed by atoms with Crippen LogP contribution in [0.3, 0.4) is 0 Å². The molecule has 1 atom stereocenters. The molecule has 0 bridgehead atoms. The normalized spacial score (nSPS) is 18.3. The molecule has 5 heteroatoms. The average molecular weight is 254 g/mol. The smallest absolute Gasteiger partial charge is 0.244 e. The summed E-state index contributed by atoms with van der Waals surface area (Å²) in [6, 6.07) is 2.45. The Bertz CT molecular complexity index is 496. The Hall–Kier alpha value is -1.49. The van der Waals surface area contributed by atoms with Crippen LogP contribution in [0.1, 0.15) is 25.3 Å². The van der Waals surface area contributed by atoms with E-state index in [4.69, 9.17) is 5.73 Å². The predicted molar refractivity (Wildman–Crippen MR) is 65.0 cm³/mol. The van der Waals surface area contributed by atoms with Crippen LogP contribution in [0, 0.1) is 24.5 Å². The van der Waals surface area contributed by atoms with Gasteiger partial charge in [0.05, 0.1) is 5.54 Å². The molecule has 0 radical (unpaired) electrons. The fourth-order valence-electron chi connectivity index (χ4n) is 1.89. The Morgan fingerprint density at radius 1 is 1.44 bits per heavy atom. The van der Waals surface area contributed by atoms with E-state index >= 15 is 0 Å². The summed E-state index contributed by atoms with van der Waals surface area (Å²) in [6.07, 6.45) is 1.75. The van der Waals surface area contributed by atoms with Crippen molar-refractivity contribution < 1.29 is 13.6 Å². The Kier molecular flexibility index (Phi) is 3.11. The molecule has 98 valence electrons. The topological polar surface area (TPSA) is 55.1 Å². The quantitative estimate of drug-likeness (QED) is 0.869. The van der Waals surface area contributed by atoms with Crippen LogP contribution < -0.4 is 11.1 Å². The molecule has 1 unspecified atom stereocenters. The lowest BCUT2D eigenvalue weighted by Crippen LogP contribution is -2.50. The van der Waals surface area contributed by atoms with Gasteiger partial charge in [0, 0.05) is 0 Å². The molecule has 1 amide bonds. The summed E-state index contributed by atoms with van der Waals surface area (Å²) in [6.45, 7) is 3.10. The van der Waals surface area contributed by atoms with Crippen molar-refractivity contribution in [1.29, 1.82) is 0 Å². The van der Waals surface area contributed by atoms with Gasteiger partial charge in [0.2, 0.25) is 5.91 Å². The van der Waals surface area contributed by atoms with E-state index < -0.39 is 28.8 Å². The van der Waals surface area contributed by atoms with E-state index in [0.717, 1.165) is 18.9 Å². The highest BCUT2D eigenvalue weighted by molar-refractivity contribution is 5.98. The van der Waals surface area contributed by atoms with Crippen molar-refractivity contribution in [3.8, 4) is 0 Å². The highest BCUT2D eigenvalue weighted by atomic mass is 19.1. The molecule has 0 aliphatic heterocycles. The van der Waals surface area contributed by atoms with Crippen LogP contribution in [0.25, 0.3) is 0 Å². The number of benzene rings is 1. The first-order chi connectivity index (χ1) is 8.34. The molecule has 0 heterocycles. The van der Waals surface area contributed by atoms with Gasteiger partial charge in [0.15, 0.2) is 5.82 Å². The number of aryl methyl sites for hydroxylation is 1. The number of amides is 1. The third kappa shape index (κ3) is 2.22. The first kappa shape index (κ1) is 13.0. The molecule has 1 aromatic rings. The van der Waals surface area contributed by atoms with E-state index in [1.165, 1.54) is 13.0 Å². The second kappa shape index (κ2) is 4.31. The lowest BCUT2D eigenvalue weighted by molar-refractivity contribution is -0.121. The molecule has 3 N–H and O–H groups in total. The minimum Gasteiger partial charge on any atom is -0.320 e. The highest BCUT2D eigenvalue weighted by Crippen LogP contribution is 2.38. The molecular formula is C13H16F2N2O. The summed E-state index contributed by atoms with van der Waals surface area (Å²) in [5, 5.41) is 2.27. The molecule has 2 rings (SSSR count). The molecule has 18 heavy (non-hydrogen) atoms. The van der Waals surface area contributed by atoms with Gasteiger partial charge in [0.1, 0.15) is 11.5 Å². The summed E-state index contributed by atoms with van der Waals surface area (Å²) in [7, 11) is 0. The van der Waals surface area contributed by atoms with Gasteiger partial charge in [-0.25, -0.2) is 8.78 Å². The fourth-order valence-corrected chi connectivity index (χ4v) is 1.89. The molecule has 1 saturated carbocycles. The lowest BCUT2D eigenvalue weighted by Gasteiger charge is -2.23. The van der Waals surface area contributed by atoms with Crippen molar-refractivity contribution in [1.82, 2.24) is 0 Å². The van der Waals surface area contributed by atoms with Crippen molar-refractivity contribution >= 4 is 11.6 Å². The zero-order valence-corrected chi connectivity index (χ0v) is 10.4. The summed E-state index contributed by atoms with van der Waals surface area (Å²) in [5.41, 5.74) is 4.67. The summed E-state index contributed by atoms with van der Waals surface area (Å²) in [5.74, 6) is -2.00. The molecular weight excluding hydrogens is 238 g/mol. The Morgan fingerprint density at radius 3 is 2.61 bits per heavy atom. The van der Waals surface area contributed by atoms with E-state index in [1.54, 1.807) is 6.92 Å². The monoisotopic (exact) mass is 254 g/mol. The predicted octanol–water partition coefficient (Wildman–Crippen LogP) is 2.34. The zero-order chi connectivity index (χ0) is 13.5. The van der Waals surface area contributed by atoms with E-state index in [0.29, 0.717) is 0 Å². The standard InChI is InChI=1S/C13H16F2N2O/c1-7-3-6-9(14)11(10(7)15)17-12(18)13(2,16)8-4-5-8/h3,6,8H,4-5,16H2,1-2H3,(H,17,18). The van der Waals surface area contributed by atoms with E-state index in [1.807, 2.05) is 0 Å². The van der Waals surface area contributed by atoms with Crippen molar-refractivity contribution in [3.05, 3.63) is 29.3 Å². The lowest BCUT2D eigenvalue weighted by atomic mass is 9.96. The summed E-state index contributed by atoms with van der Waals surface area (Å²) in [4.78, 5) is 12.0. The van der Waals surface area contributed by atoms with Crippen LogP contribution in [-0.4, -0.2) is 11.4 Å². The number of nitrogens with one attached hydrogen (secondary N) is 1. The maximum Gasteiger partial charge on any atom is 0.244 e. The Morgan fingerprint density at radius 2 is 2.06 bits per heavy atom. The summed E-state index contributed by atoms with van der Waals surface area (Å²) < 4.78 is 27.2. The summed E-state index contributed by atoms with van der Waals surface area (Å²) >= 11 is 0. The largest absolute Gasteiger partial charge is 0.320 e. The third-order valence-corrected chi connectivity index (χ3v) is 3.44. The first-order valence-corrected chi connectivity index (χ1v) is 5.89. The molecule has 1 fully saturated rings. The second-order valence-electron chi connectivity index (χ2n) is 5.06. The highest BCUT2D eigenvalue weighted by Gasteiger charge is 2.44. The zero-order valence-electron chi connectivity index (χ0n) is 10.4. The van der Waals surface area contributed by atoms with E-state index in [9.17, 15) is 13.6 Å². The molecule has 1 aliphatic rings. The van der Waals surface area contributed by atoms with Gasteiger partial charge < -0.3 is 11.1 Å². The average Bonchev–Trinajstić information content (AvgIpc) is 3.13. The van der Waals surface area contributed by atoms with Crippen LogP contribution in [0.5, 0.6) is 0 Å². The molecule has 1 aromatic carbocycles. The van der Waals surface area contributed by atoms with Gasteiger partial charge in [-0.3, -0.25) is 4.79 Å². The van der Waals surface area contributed by atoms with Crippen molar-refractivity contribution in [3.63, 3.8) is 0 Å². The fraction of sp³-hybridized carbons (Fsp3) is 0.462. The van der Waals surface area contributed by atoms with Crippen LogP contribution >= 0.6 is 0 Å². The number of carbonyl (C=O) groups excluding carboxylic acids is 1. The minimum atomic E-state index is -1.08. The van der Waals surface area contributed by atoms with Crippen molar-refractivity contribution in [2.75, 3.05) is 5.32 Å². The number of carbonyl (C=O) groups is 1. The number of anilines is 1. The number of hydrogen-bond acceptors (Lipinski definition) is 2. The maximum absolute atomic E-state index is 13.7. The molecule has 0 spiro atoms. The van der Waals surface area contributed by atoms with Gasteiger partial charge in [-0.1, -0.05) is 6.07 Å². The molecule has 0 saturated heterocycles. The van der Waals surface area contributed by atoms with E-state index in [2.05, 4.69) is 5.32 Å². The van der Waals surface area contributed by atoms with Gasteiger partial charge in [-0.2, -0.15) is 0 Å². The first-order valence-electron chi connectivity index (χ1n) is 5.89. The van der Waals surface area contributed by atoms with Gasteiger partial charge in [-0.05, 0) is 44.2 Å². The van der Waals surface area contributed by atoms with Gasteiger partial charge in [-0.15, -0.1) is 0 Å². The molecule has 3 nitrogen and oxygen atoms in total. The van der Waals surface area contributed by atoms with Gasteiger partial charge in [0.25, 0.3) is 0 Å². The Labute approximate surface area is 104 Å². The van der Waals surface area contributed by atoms with Gasteiger partial charge >= 0.3 is 0 Å². The van der Waals surface area contributed by atoms with Crippen molar-refractivity contribution in [2.24, 2.45) is 11.7 Å². The third-order valence-electron chi connectivity index (χ3n) is 3.44. The van der Waals surface area contributed by atoms with Crippen LogP contribution in [-0.2, 0) is 4.79 Å². The number of nitrogens with two attached hydrogens (primary N) is 1. The van der Waals surface area contributed by atoms with Crippen LogP contribution in [0.4, 0.5) is 14.5 Å². The number of hydrogen-bond donors (Lipinski definition) is 2. The number of rotatable bonds is 3. The van der Waals surface area contributed by atoms with Crippen molar-refractivity contribution in [2.45, 2.75) is 32.2 Å². The second-order valence-corrected chi connectivity index (χ2v) is 5.06. The number of halogens is 2. The minimum absolute atomic E-state index is 0.0911. The van der Waals surface area contributed by atoms with Crippen LogP contribution in [0.15, 0.2) is 12.1 Å². The van der Waals surface area contributed by atoms with Crippen LogP contribution in [0.2, 0.25) is 0 Å². The Balaban J connectivity index is 2.24. The van der Waals surface area contributed by atoms with E-state index in [-0.39, 0.29) is 11.5 Å². The molecule has 0 aromatic heterocycles. The molecule has 1 aliphatic carbocycles. The maximum atomic E-state index is 13.7. The SMILES string of the molecule is Cc1ccc(F)c(NC(=O)C(C)(N)C2CC2)c1F.